The zero-order valence-corrected chi connectivity index (χ0v) is 23.2. The van der Waals surface area contributed by atoms with Crippen LogP contribution in [0.25, 0.3) is 0 Å². The van der Waals surface area contributed by atoms with E-state index in [9.17, 15) is 0 Å². The van der Waals surface area contributed by atoms with Crippen LogP contribution < -0.4 is 5.73 Å². The fraction of sp³-hybridized carbons (Fsp3) is 0.800. The van der Waals surface area contributed by atoms with Gasteiger partial charge < -0.3 is 5.73 Å². The van der Waals surface area contributed by atoms with Crippen LogP contribution >= 0.6 is 15.9 Å². The quantitative estimate of drug-likeness (QED) is 0.122. The second-order valence-corrected chi connectivity index (χ2v) is 10.9. The molecule has 1 rings (SSSR count). The standard InChI is InChI=1S/C30H54BrN/c1-3-5-7-8-9-10-11-12-13-14-15-16-17-18-19-21-24-27(23-20-6-4-2)30-28(31)25-22-26-29(30)32/h22,25-27H,3-21,23-24,32H2,1-2H3. The zero-order chi connectivity index (χ0) is 23.3. The number of rotatable bonds is 22. The van der Waals surface area contributed by atoms with Crippen molar-refractivity contribution in [2.45, 2.75) is 155 Å². The third-order valence-corrected chi connectivity index (χ3v) is 7.75. The average Bonchev–Trinajstić information content (AvgIpc) is 2.78. The fourth-order valence-electron chi connectivity index (χ4n) is 5.00. The highest BCUT2D eigenvalue weighted by atomic mass is 79.9. The summed E-state index contributed by atoms with van der Waals surface area (Å²) in [5.41, 5.74) is 8.69. The molecule has 1 nitrogen and oxygen atoms in total. The van der Waals surface area contributed by atoms with Crippen LogP contribution in [-0.4, -0.2) is 0 Å². The Hall–Kier alpha value is -0.500. The number of halogens is 1. The maximum absolute atomic E-state index is 6.36. The van der Waals surface area contributed by atoms with Crippen LogP contribution in [0, 0.1) is 0 Å². The third kappa shape index (κ3) is 14.6. The molecule has 0 heterocycles. The van der Waals surface area contributed by atoms with Crippen LogP contribution in [0.2, 0.25) is 0 Å². The zero-order valence-electron chi connectivity index (χ0n) is 21.6. The summed E-state index contributed by atoms with van der Waals surface area (Å²) in [5, 5.41) is 0. The molecule has 0 saturated carbocycles. The van der Waals surface area contributed by atoms with Crippen LogP contribution in [0.5, 0.6) is 0 Å². The van der Waals surface area contributed by atoms with E-state index in [0.717, 1.165) is 5.69 Å². The molecule has 32 heavy (non-hydrogen) atoms. The minimum absolute atomic E-state index is 0.615. The number of hydrogen-bond donors (Lipinski definition) is 1. The highest BCUT2D eigenvalue weighted by Crippen LogP contribution is 2.37. The first-order chi connectivity index (χ1) is 15.7. The third-order valence-electron chi connectivity index (χ3n) is 7.06. The summed E-state index contributed by atoms with van der Waals surface area (Å²) < 4.78 is 1.20. The van der Waals surface area contributed by atoms with Crippen molar-refractivity contribution in [1.29, 1.82) is 0 Å². The van der Waals surface area contributed by atoms with Crippen LogP contribution in [0.1, 0.15) is 160 Å². The summed E-state index contributed by atoms with van der Waals surface area (Å²) in [4.78, 5) is 0. The Balaban J connectivity index is 2.06. The van der Waals surface area contributed by atoms with E-state index in [4.69, 9.17) is 5.73 Å². The molecule has 0 radical (unpaired) electrons. The molecule has 186 valence electrons. The van der Waals surface area contributed by atoms with Crippen molar-refractivity contribution in [2.24, 2.45) is 0 Å². The fourth-order valence-corrected chi connectivity index (χ4v) is 5.70. The largest absolute Gasteiger partial charge is 0.398 e. The normalized spacial score (nSPS) is 12.3. The van der Waals surface area contributed by atoms with Crippen LogP contribution in [0.15, 0.2) is 22.7 Å². The van der Waals surface area contributed by atoms with Gasteiger partial charge in [0.25, 0.3) is 0 Å². The summed E-state index contributed by atoms with van der Waals surface area (Å²) in [6.45, 7) is 4.59. The Labute approximate surface area is 209 Å². The van der Waals surface area contributed by atoms with E-state index in [1.165, 1.54) is 145 Å². The van der Waals surface area contributed by atoms with E-state index >= 15 is 0 Å². The van der Waals surface area contributed by atoms with Gasteiger partial charge in [-0.3, -0.25) is 0 Å². The van der Waals surface area contributed by atoms with Gasteiger partial charge in [0, 0.05) is 10.2 Å². The van der Waals surface area contributed by atoms with Crippen molar-refractivity contribution >= 4 is 21.6 Å². The topological polar surface area (TPSA) is 26.0 Å². The summed E-state index contributed by atoms with van der Waals surface area (Å²) in [6, 6.07) is 6.29. The van der Waals surface area contributed by atoms with Crippen LogP contribution in [0.3, 0.4) is 0 Å². The van der Waals surface area contributed by atoms with E-state index in [-0.39, 0.29) is 0 Å². The molecule has 0 aliphatic carbocycles. The van der Waals surface area contributed by atoms with Crippen molar-refractivity contribution in [3.05, 3.63) is 28.2 Å². The summed E-state index contributed by atoms with van der Waals surface area (Å²) >= 11 is 3.77. The molecule has 0 aliphatic rings. The smallest absolute Gasteiger partial charge is 0.0360 e. The Bertz CT molecular complexity index is 521. The number of anilines is 1. The van der Waals surface area contributed by atoms with E-state index in [2.05, 4.69) is 48.0 Å². The summed E-state index contributed by atoms with van der Waals surface area (Å²) in [5.74, 6) is 0.615. The molecular weight excluding hydrogens is 454 g/mol. The van der Waals surface area contributed by atoms with Gasteiger partial charge in [0.15, 0.2) is 0 Å². The number of nitrogens with two attached hydrogens (primary N) is 1. The number of unbranched alkanes of at least 4 members (excludes halogenated alkanes) is 17. The number of benzene rings is 1. The molecule has 2 heteroatoms. The van der Waals surface area contributed by atoms with Gasteiger partial charge in [-0.25, -0.2) is 0 Å². The minimum atomic E-state index is 0.615. The van der Waals surface area contributed by atoms with Crippen LogP contribution in [0.4, 0.5) is 5.69 Å². The van der Waals surface area contributed by atoms with Crippen molar-refractivity contribution in [1.82, 2.24) is 0 Å². The minimum Gasteiger partial charge on any atom is -0.398 e. The first-order valence-electron chi connectivity index (χ1n) is 14.2. The van der Waals surface area contributed by atoms with E-state index in [0.29, 0.717) is 5.92 Å². The molecule has 1 unspecified atom stereocenters. The lowest BCUT2D eigenvalue weighted by atomic mass is 9.87. The van der Waals surface area contributed by atoms with Gasteiger partial charge in [-0.1, -0.05) is 158 Å². The number of nitrogen functional groups attached to an aromatic ring is 1. The lowest BCUT2D eigenvalue weighted by Crippen LogP contribution is -2.05. The van der Waals surface area contributed by atoms with Gasteiger partial charge in [-0.15, -0.1) is 0 Å². The Morgan fingerprint density at radius 1 is 0.594 bits per heavy atom. The molecule has 1 aromatic rings. The van der Waals surface area contributed by atoms with Crippen LogP contribution in [-0.2, 0) is 0 Å². The van der Waals surface area contributed by atoms with Gasteiger partial charge in [-0.2, -0.15) is 0 Å². The van der Waals surface area contributed by atoms with Crippen molar-refractivity contribution in [2.75, 3.05) is 5.73 Å². The Morgan fingerprint density at radius 2 is 0.969 bits per heavy atom. The van der Waals surface area contributed by atoms with Gasteiger partial charge in [0.2, 0.25) is 0 Å². The predicted octanol–water partition coefficient (Wildman–Crippen LogP) is 11.3. The average molecular weight is 509 g/mol. The highest BCUT2D eigenvalue weighted by Gasteiger charge is 2.17. The lowest BCUT2D eigenvalue weighted by Gasteiger charge is -2.21. The first-order valence-corrected chi connectivity index (χ1v) is 15.0. The molecule has 1 atom stereocenters. The SMILES string of the molecule is CCCCCCCCCCCCCCCCCCC(CCCCC)c1c(N)cccc1Br. The Morgan fingerprint density at radius 3 is 1.41 bits per heavy atom. The van der Waals surface area contributed by atoms with Gasteiger partial charge >= 0.3 is 0 Å². The highest BCUT2D eigenvalue weighted by molar-refractivity contribution is 9.10. The molecule has 0 amide bonds. The monoisotopic (exact) mass is 507 g/mol. The maximum Gasteiger partial charge on any atom is 0.0360 e. The molecule has 1 aromatic carbocycles. The van der Waals surface area contributed by atoms with Crippen molar-refractivity contribution in [3.63, 3.8) is 0 Å². The first kappa shape index (κ1) is 29.5. The van der Waals surface area contributed by atoms with E-state index in [1.807, 2.05) is 0 Å². The molecule has 0 saturated heterocycles. The molecule has 0 spiro atoms. The maximum atomic E-state index is 6.36. The summed E-state index contributed by atoms with van der Waals surface area (Å²) in [6.07, 6.45) is 29.4. The van der Waals surface area contributed by atoms with Gasteiger partial charge in [0.1, 0.15) is 0 Å². The second kappa shape index (κ2) is 21.1. The van der Waals surface area contributed by atoms with Gasteiger partial charge in [0.05, 0.1) is 0 Å². The number of hydrogen-bond acceptors (Lipinski definition) is 1. The van der Waals surface area contributed by atoms with E-state index < -0.39 is 0 Å². The molecule has 0 bridgehead atoms. The Kier molecular flexibility index (Phi) is 19.4. The van der Waals surface area contributed by atoms with Crippen molar-refractivity contribution in [3.8, 4) is 0 Å². The van der Waals surface area contributed by atoms with Crippen molar-refractivity contribution < 1.29 is 0 Å². The molecule has 0 aliphatic heterocycles. The van der Waals surface area contributed by atoms with Gasteiger partial charge in [-0.05, 0) is 36.5 Å². The molecule has 0 fully saturated rings. The molecule has 2 N–H and O–H groups in total. The van der Waals surface area contributed by atoms with E-state index in [1.54, 1.807) is 0 Å². The molecule has 0 aromatic heterocycles. The predicted molar refractivity (Wildman–Crippen MR) is 150 cm³/mol. The lowest BCUT2D eigenvalue weighted by molar-refractivity contribution is 0.489. The second-order valence-electron chi connectivity index (χ2n) is 10.0. The summed E-state index contributed by atoms with van der Waals surface area (Å²) in [7, 11) is 0. The molecular formula is C30H54BrN.